The number of hydrogen-bond acceptors (Lipinski definition) is 2. The quantitative estimate of drug-likeness (QED) is 0.344. The molecule has 6 heteroatoms. The third-order valence-electron chi connectivity index (χ3n) is 3.75. The van der Waals surface area contributed by atoms with Gasteiger partial charge in [-0.15, -0.1) is 0 Å². The van der Waals surface area contributed by atoms with Crippen molar-refractivity contribution in [3.05, 3.63) is 33.8 Å². The first-order valence-electron chi connectivity index (χ1n) is 7.40. The molecule has 0 spiro atoms. The van der Waals surface area contributed by atoms with Crippen molar-refractivity contribution in [2.75, 3.05) is 6.54 Å². The molecule has 1 aliphatic rings. The molecule has 1 aromatic rings. The van der Waals surface area contributed by atoms with Gasteiger partial charge in [-0.1, -0.05) is 48.5 Å². The fraction of sp³-hybridized carbons (Fsp3) is 0.533. The molecule has 1 aromatic carbocycles. The summed E-state index contributed by atoms with van der Waals surface area (Å²) in [4.78, 5) is 4.47. The van der Waals surface area contributed by atoms with E-state index in [1.807, 2.05) is 12.1 Å². The number of halogens is 2. The minimum absolute atomic E-state index is 0.479. The van der Waals surface area contributed by atoms with E-state index in [4.69, 9.17) is 29.0 Å². The predicted octanol–water partition coefficient (Wildman–Crippen LogP) is 3.28. The molecule has 0 unspecified atom stereocenters. The van der Waals surface area contributed by atoms with Crippen molar-refractivity contribution in [3.8, 4) is 0 Å². The number of guanidine groups is 1. The topological polar surface area (TPSA) is 62.4 Å². The molecular weight excluding hydrogens is 307 g/mol. The molecule has 116 valence electrons. The highest BCUT2D eigenvalue weighted by Gasteiger charge is 2.14. The Bertz CT molecular complexity index is 485. The number of hydrazine groups is 1. The number of nitrogens with two attached hydrogens (primary N) is 1. The molecule has 1 saturated carbocycles. The summed E-state index contributed by atoms with van der Waals surface area (Å²) >= 11 is 12.0. The second kappa shape index (κ2) is 8.47. The fourth-order valence-electron chi connectivity index (χ4n) is 2.59. The van der Waals surface area contributed by atoms with Crippen LogP contribution in [0.2, 0.25) is 10.0 Å². The predicted molar refractivity (Wildman–Crippen MR) is 89.8 cm³/mol. The Balaban J connectivity index is 1.85. The normalized spacial score (nSPS) is 16.8. The first kappa shape index (κ1) is 16.4. The molecule has 4 N–H and O–H groups in total. The molecule has 1 aliphatic carbocycles. The van der Waals surface area contributed by atoms with Crippen molar-refractivity contribution in [3.63, 3.8) is 0 Å². The van der Waals surface area contributed by atoms with Gasteiger partial charge in [-0.2, -0.15) is 0 Å². The largest absolute Gasteiger partial charge is 0.353 e. The maximum absolute atomic E-state index is 6.15. The van der Waals surface area contributed by atoms with Gasteiger partial charge in [0, 0.05) is 22.6 Å². The molecule has 0 aliphatic heterocycles. The molecule has 0 atom stereocenters. The molecular formula is C15H22Cl2N4. The third kappa shape index (κ3) is 5.38. The first-order chi connectivity index (χ1) is 10.2. The average Bonchev–Trinajstić information content (AvgIpc) is 2.49. The van der Waals surface area contributed by atoms with E-state index in [-0.39, 0.29) is 0 Å². The van der Waals surface area contributed by atoms with Crippen LogP contribution in [0.4, 0.5) is 0 Å². The summed E-state index contributed by atoms with van der Waals surface area (Å²) in [5, 5.41) is 4.70. The Morgan fingerprint density at radius 2 is 2.00 bits per heavy atom. The van der Waals surface area contributed by atoms with Crippen LogP contribution in [0.25, 0.3) is 0 Å². The van der Waals surface area contributed by atoms with Gasteiger partial charge in [0.25, 0.3) is 0 Å². The molecule has 0 amide bonds. The first-order valence-corrected chi connectivity index (χ1v) is 8.16. The second-order valence-corrected chi connectivity index (χ2v) is 6.18. The summed E-state index contributed by atoms with van der Waals surface area (Å²) in [6.07, 6.45) is 7.00. The molecule has 0 saturated heterocycles. The van der Waals surface area contributed by atoms with Crippen LogP contribution in [0.15, 0.2) is 23.2 Å². The van der Waals surface area contributed by atoms with Gasteiger partial charge in [0.15, 0.2) is 0 Å². The standard InChI is InChI=1S/C15H22Cl2N4/c16-12-7-6-11(14(17)10-12)8-9-19-15(21-18)20-13-4-2-1-3-5-13/h6-7,10,13H,1-5,8-9,18H2,(H2,19,20,21). The van der Waals surface area contributed by atoms with Crippen LogP contribution in [-0.2, 0) is 6.42 Å². The highest BCUT2D eigenvalue weighted by molar-refractivity contribution is 6.35. The highest BCUT2D eigenvalue weighted by atomic mass is 35.5. The van der Waals surface area contributed by atoms with Gasteiger partial charge in [-0.05, 0) is 37.0 Å². The van der Waals surface area contributed by atoms with E-state index >= 15 is 0 Å². The lowest BCUT2D eigenvalue weighted by Gasteiger charge is -2.24. The maximum Gasteiger partial charge on any atom is 0.205 e. The molecule has 0 heterocycles. The number of nitrogens with one attached hydrogen (secondary N) is 2. The van der Waals surface area contributed by atoms with Crippen molar-refractivity contribution in [2.24, 2.45) is 10.8 Å². The van der Waals surface area contributed by atoms with Crippen molar-refractivity contribution >= 4 is 29.2 Å². The molecule has 21 heavy (non-hydrogen) atoms. The third-order valence-corrected chi connectivity index (χ3v) is 4.34. The molecule has 0 aromatic heterocycles. The van der Waals surface area contributed by atoms with Crippen LogP contribution >= 0.6 is 23.2 Å². The summed E-state index contributed by atoms with van der Waals surface area (Å²) in [7, 11) is 0. The Hall–Kier alpha value is -0.970. The van der Waals surface area contributed by atoms with E-state index in [9.17, 15) is 0 Å². The Kier molecular flexibility index (Phi) is 6.61. The van der Waals surface area contributed by atoms with Gasteiger partial charge in [0.05, 0.1) is 0 Å². The summed E-state index contributed by atoms with van der Waals surface area (Å²) in [5.41, 5.74) is 3.68. The molecule has 4 nitrogen and oxygen atoms in total. The minimum Gasteiger partial charge on any atom is -0.353 e. The SMILES string of the molecule is NNC(=NCCc1ccc(Cl)cc1Cl)NC1CCCCC1. The Labute approximate surface area is 136 Å². The van der Waals surface area contributed by atoms with E-state index in [1.54, 1.807) is 6.07 Å². The average molecular weight is 329 g/mol. The lowest BCUT2D eigenvalue weighted by molar-refractivity contribution is 0.410. The number of rotatable bonds is 4. The zero-order valence-corrected chi connectivity index (χ0v) is 13.6. The lowest BCUT2D eigenvalue weighted by atomic mass is 9.96. The summed E-state index contributed by atoms with van der Waals surface area (Å²) in [6, 6.07) is 6.01. The lowest BCUT2D eigenvalue weighted by Crippen LogP contribution is -2.47. The van der Waals surface area contributed by atoms with Crippen LogP contribution in [0.3, 0.4) is 0 Å². The van der Waals surface area contributed by atoms with Crippen LogP contribution in [-0.4, -0.2) is 18.5 Å². The number of aliphatic imine (C=N–C) groups is 1. The van der Waals surface area contributed by atoms with Gasteiger partial charge < -0.3 is 5.32 Å². The van der Waals surface area contributed by atoms with Gasteiger partial charge in [0.2, 0.25) is 5.96 Å². The van der Waals surface area contributed by atoms with Crippen LogP contribution in [0, 0.1) is 0 Å². The van der Waals surface area contributed by atoms with E-state index in [0.29, 0.717) is 28.6 Å². The molecule has 2 rings (SSSR count). The second-order valence-electron chi connectivity index (χ2n) is 5.34. The van der Waals surface area contributed by atoms with Crippen molar-refractivity contribution in [1.82, 2.24) is 10.7 Å². The minimum atomic E-state index is 0.479. The van der Waals surface area contributed by atoms with E-state index < -0.39 is 0 Å². The Morgan fingerprint density at radius 3 is 2.67 bits per heavy atom. The zero-order chi connectivity index (χ0) is 15.1. The van der Waals surface area contributed by atoms with Crippen LogP contribution < -0.4 is 16.6 Å². The number of benzene rings is 1. The summed E-state index contributed by atoms with van der Waals surface area (Å²) < 4.78 is 0. The van der Waals surface area contributed by atoms with Gasteiger partial charge in [-0.3, -0.25) is 10.4 Å². The summed E-state index contributed by atoms with van der Waals surface area (Å²) in [6.45, 7) is 0.626. The van der Waals surface area contributed by atoms with E-state index in [2.05, 4.69) is 15.7 Å². The molecule has 0 bridgehead atoms. The molecule has 1 fully saturated rings. The van der Waals surface area contributed by atoms with Gasteiger partial charge in [0.1, 0.15) is 0 Å². The number of nitrogens with zero attached hydrogens (tertiary/aromatic N) is 1. The monoisotopic (exact) mass is 328 g/mol. The Morgan fingerprint density at radius 1 is 1.24 bits per heavy atom. The van der Waals surface area contributed by atoms with Crippen LogP contribution in [0.5, 0.6) is 0 Å². The fourth-order valence-corrected chi connectivity index (χ4v) is 3.09. The summed E-state index contributed by atoms with van der Waals surface area (Å²) in [5.74, 6) is 6.19. The van der Waals surface area contributed by atoms with E-state index in [0.717, 1.165) is 12.0 Å². The van der Waals surface area contributed by atoms with Crippen molar-refractivity contribution in [1.29, 1.82) is 0 Å². The highest BCUT2D eigenvalue weighted by Crippen LogP contribution is 2.21. The smallest absolute Gasteiger partial charge is 0.205 e. The maximum atomic E-state index is 6.15. The van der Waals surface area contributed by atoms with E-state index in [1.165, 1.54) is 32.1 Å². The van der Waals surface area contributed by atoms with Gasteiger partial charge in [-0.25, -0.2) is 5.84 Å². The van der Waals surface area contributed by atoms with Crippen molar-refractivity contribution < 1.29 is 0 Å². The molecule has 0 radical (unpaired) electrons. The zero-order valence-electron chi connectivity index (χ0n) is 12.0. The number of hydrogen-bond donors (Lipinski definition) is 3. The van der Waals surface area contributed by atoms with Crippen LogP contribution in [0.1, 0.15) is 37.7 Å². The van der Waals surface area contributed by atoms with Gasteiger partial charge >= 0.3 is 0 Å². The van der Waals surface area contributed by atoms with Crippen molar-refractivity contribution in [2.45, 2.75) is 44.6 Å².